The van der Waals surface area contributed by atoms with Crippen LogP contribution in [0, 0.1) is 0 Å². The topological polar surface area (TPSA) is 65.5 Å². The molecule has 0 aliphatic carbocycles. The SMILES string of the molecule is CCc1ccc(CNC(=NC)NCc2ccc(C(=O)NC)cc2)s1. The van der Waals surface area contributed by atoms with Crippen LogP contribution in [0.3, 0.4) is 0 Å². The quantitative estimate of drug-likeness (QED) is 0.557. The van der Waals surface area contributed by atoms with Crippen LogP contribution in [0.15, 0.2) is 41.4 Å². The highest BCUT2D eigenvalue weighted by Gasteiger charge is 2.04. The lowest BCUT2D eigenvalue weighted by atomic mass is 10.1. The first-order valence-electron chi connectivity index (χ1n) is 7.99. The Morgan fingerprint density at radius 3 is 2.29 bits per heavy atom. The first-order chi connectivity index (χ1) is 11.7. The maximum absolute atomic E-state index is 11.5. The molecule has 0 aliphatic rings. The summed E-state index contributed by atoms with van der Waals surface area (Å²) < 4.78 is 0. The van der Waals surface area contributed by atoms with Crippen molar-refractivity contribution in [2.75, 3.05) is 14.1 Å². The molecule has 0 spiro atoms. The van der Waals surface area contributed by atoms with Crippen LogP contribution in [-0.2, 0) is 19.5 Å². The Hall–Kier alpha value is -2.34. The molecule has 5 nitrogen and oxygen atoms in total. The number of guanidine groups is 1. The minimum atomic E-state index is -0.0746. The number of carbonyl (C=O) groups excluding carboxylic acids is 1. The van der Waals surface area contributed by atoms with Crippen LogP contribution in [-0.4, -0.2) is 26.0 Å². The predicted octanol–water partition coefficient (Wildman–Crippen LogP) is 2.54. The van der Waals surface area contributed by atoms with Crippen LogP contribution in [0.25, 0.3) is 0 Å². The minimum absolute atomic E-state index is 0.0746. The Kier molecular flexibility index (Phi) is 6.81. The number of carbonyl (C=O) groups is 1. The fourth-order valence-corrected chi connectivity index (χ4v) is 3.10. The van der Waals surface area contributed by atoms with Gasteiger partial charge in [-0.15, -0.1) is 11.3 Å². The van der Waals surface area contributed by atoms with Gasteiger partial charge in [-0.05, 0) is 36.2 Å². The summed E-state index contributed by atoms with van der Waals surface area (Å²) in [5.74, 6) is 0.686. The molecule has 3 N–H and O–H groups in total. The van der Waals surface area contributed by atoms with Crippen molar-refractivity contribution < 1.29 is 4.79 Å². The Balaban J connectivity index is 1.83. The fraction of sp³-hybridized carbons (Fsp3) is 0.333. The Bertz CT molecular complexity index is 691. The molecule has 0 unspecified atom stereocenters. The zero-order chi connectivity index (χ0) is 17.4. The van der Waals surface area contributed by atoms with Crippen molar-refractivity contribution in [3.05, 3.63) is 57.3 Å². The molecule has 0 radical (unpaired) electrons. The number of aryl methyl sites for hydroxylation is 1. The second kappa shape index (κ2) is 9.08. The summed E-state index contributed by atoms with van der Waals surface area (Å²) in [6, 6.07) is 11.9. The number of nitrogens with zero attached hydrogens (tertiary/aromatic N) is 1. The molecule has 2 aromatic rings. The van der Waals surface area contributed by atoms with E-state index in [2.05, 4.69) is 40.0 Å². The molecule has 0 bridgehead atoms. The van der Waals surface area contributed by atoms with Crippen LogP contribution in [0.4, 0.5) is 0 Å². The van der Waals surface area contributed by atoms with Gasteiger partial charge in [0.15, 0.2) is 5.96 Å². The summed E-state index contributed by atoms with van der Waals surface area (Å²) in [6.45, 7) is 3.58. The molecule has 24 heavy (non-hydrogen) atoms. The van der Waals surface area contributed by atoms with Gasteiger partial charge in [-0.1, -0.05) is 19.1 Å². The second-order valence-corrected chi connectivity index (χ2v) is 6.53. The maximum Gasteiger partial charge on any atom is 0.251 e. The van der Waals surface area contributed by atoms with Crippen LogP contribution in [0.2, 0.25) is 0 Å². The summed E-state index contributed by atoms with van der Waals surface area (Å²) in [4.78, 5) is 18.5. The van der Waals surface area contributed by atoms with Crippen molar-refractivity contribution in [1.82, 2.24) is 16.0 Å². The monoisotopic (exact) mass is 344 g/mol. The lowest BCUT2D eigenvalue weighted by Crippen LogP contribution is -2.36. The molecule has 6 heteroatoms. The van der Waals surface area contributed by atoms with E-state index in [0.717, 1.165) is 24.5 Å². The molecular formula is C18H24N4OS. The van der Waals surface area contributed by atoms with E-state index in [1.807, 2.05) is 35.6 Å². The average molecular weight is 344 g/mol. The van der Waals surface area contributed by atoms with Gasteiger partial charge >= 0.3 is 0 Å². The largest absolute Gasteiger partial charge is 0.355 e. The number of hydrogen-bond acceptors (Lipinski definition) is 3. The van der Waals surface area contributed by atoms with Crippen molar-refractivity contribution in [3.63, 3.8) is 0 Å². The molecule has 0 saturated carbocycles. The maximum atomic E-state index is 11.5. The molecular weight excluding hydrogens is 320 g/mol. The molecule has 0 aliphatic heterocycles. The molecule has 1 aromatic carbocycles. The molecule has 2 rings (SSSR count). The Morgan fingerprint density at radius 1 is 1.04 bits per heavy atom. The van der Waals surface area contributed by atoms with Gasteiger partial charge in [0.05, 0.1) is 6.54 Å². The van der Waals surface area contributed by atoms with E-state index >= 15 is 0 Å². The number of rotatable bonds is 6. The van der Waals surface area contributed by atoms with Crippen molar-refractivity contribution in [1.29, 1.82) is 0 Å². The van der Waals surface area contributed by atoms with Gasteiger partial charge in [-0.2, -0.15) is 0 Å². The zero-order valence-electron chi connectivity index (χ0n) is 14.3. The summed E-state index contributed by atoms with van der Waals surface area (Å²) in [6.07, 6.45) is 1.07. The van der Waals surface area contributed by atoms with E-state index in [1.165, 1.54) is 9.75 Å². The van der Waals surface area contributed by atoms with Gasteiger partial charge in [-0.3, -0.25) is 9.79 Å². The van der Waals surface area contributed by atoms with E-state index in [-0.39, 0.29) is 5.91 Å². The molecule has 1 heterocycles. The minimum Gasteiger partial charge on any atom is -0.355 e. The van der Waals surface area contributed by atoms with Crippen molar-refractivity contribution >= 4 is 23.2 Å². The highest BCUT2D eigenvalue weighted by Crippen LogP contribution is 2.16. The van der Waals surface area contributed by atoms with E-state index in [0.29, 0.717) is 12.1 Å². The highest BCUT2D eigenvalue weighted by atomic mass is 32.1. The van der Waals surface area contributed by atoms with Gasteiger partial charge in [0, 0.05) is 36.0 Å². The molecule has 0 fully saturated rings. The molecule has 0 saturated heterocycles. The third-order valence-corrected chi connectivity index (χ3v) is 4.85. The molecule has 0 atom stereocenters. The van der Waals surface area contributed by atoms with Gasteiger partial charge in [0.1, 0.15) is 0 Å². The van der Waals surface area contributed by atoms with Crippen LogP contribution >= 0.6 is 11.3 Å². The number of amides is 1. The fourth-order valence-electron chi connectivity index (χ4n) is 2.20. The third-order valence-electron chi connectivity index (χ3n) is 3.62. The van der Waals surface area contributed by atoms with Crippen molar-refractivity contribution in [2.24, 2.45) is 4.99 Å². The van der Waals surface area contributed by atoms with Crippen molar-refractivity contribution in [2.45, 2.75) is 26.4 Å². The lowest BCUT2D eigenvalue weighted by molar-refractivity contribution is 0.0963. The van der Waals surface area contributed by atoms with Gasteiger partial charge < -0.3 is 16.0 Å². The predicted molar refractivity (Wildman–Crippen MR) is 101 cm³/mol. The Labute approximate surface area is 147 Å². The van der Waals surface area contributed by atoms with E-state index in [9.17, 15) is 4.79 Å². The number of nitrogens with one attached hydrogen (secondary N) is 3. The van der Waals surface area contributed by atoms with Gasteiger partial charge in [0.25, 0.3) is 5.91 Å². The van der Waals surface area contributed by atoms with Crippen LogP contribution in [0.1, 0.15) is 32.6 Å². The number of thiophene rings is 1. The summed E-state index contributed by atoms with van der Waals surface area (Å²) in [7, 11) is 3.39. The average Bonchev–Trinajstić information content (AvgIpc) is 3.09. The van der Waals surface area contributed by atoms with E-state index < -0.39 is 0 Å². The van der Waals surface area contributed by atoms with E-state index in [1.54, 1.807) is 14.1 Å². The van der Waals surface area contributed by atoms with Crippen molar-refractivity contribution in [3.8, 4) is 0 Å². The molecule has 1 amide bonds. The van der Waals surface area contributed by atoms with Crippen LogP contribution < -0.4 is 16.0 Å². The number of aliphatic imine (C=N–C) groups is 1. The second-order valence-electron chi connectivity index (χ2n) is 5.28. The lowest BCUT2D eigenvalue weighted by Gasteiger charge is -2.11. The standard InChI is InChI=1S/C18H24N4OS/c1-4-15-9-10-16(24-15)12-22-18(20-3)21-11-13-5-7-14(8-6-13)17(23)19-2/h5-10H,4,11-12H2,1-3H3,(H,19,23)(H2,20,21,22). The van der Waals surface area contributed by atoms with Gasteiger partial charge in [0.2, 0.25) is 0 Å². The normalized spacial score (nSPS) is 11.2. The number of hydrogen-bond donors (Lipinski definition) is 3. The number of benzene rings is 1. The third kappa shape index (κ3) is 5.09. The van der Waals surface area contributed by atoms with Gasteiger partial charge in [-0.25, -0.2) is 0 Å². The summed E-state index contributed by atoms with van der Waals surface area (Å²) in [5.41, 5.74) is 1.75. The smallest absolute Gasteiger partial charge is 0.251 e. The summed E-state index contributed by atoms with van der Waals surface area (Å²) >= 11 is 1.82. The van der Waals surface area contributed by atoms with Crippen LogP contribution in [0.5, 0.6) is 0 Å². The first kappa shape index (κ1) is 18.0. The van der Waals surface area contributed by atoms with E-state index in [4.69, 9.17) is 0 Å². The molecule has 128 valence electrons. The Morgan fingerprint density at radius 2 is 1.71 bits per heavy atom. The highest BCUT2D eigenvalue weighted by molar-refractivity contribution is 7.11. The summed E-state index contributed by atoms with van der Waals surface area (Å²) in [5, 5.41) is 9.22. The zero-order valence-corrected chi connectivity index (χ0v) is 15.2. The first-order valence-corrected chi connectivity index (χ1v) is 8.81. The molecule has 1 aromatic heterocycles.